The Morgan fingerprint density at radius 2 is 1.85 bits per heavy atom. The van der Waals surface area contributed by atoms with E-state index in [-0.39, 0.29) is 0 Å². The average Bonchev–Trinajstić information content (AvgIpc) is 2.67. The zero-order valence-corrected chi connectivity index (χ0v) is 18.1. The van der Waals surface area contributed by atoms with Crippen LogP contribution in [0.4, 0.5) is 0 Å². The molecule has 1 heterocycles. The maximum Gasteiger partial charge on any atom is 0.124 e. The third-order valence-electron chi connectivity index (χ3n) is 4.48. The molecule has 1 aliphatic rings. The summed E-state index contributed by atoms with van der Waals surface area (Å²) >= 11 is 16.0. The summed E-state index contributed by atoms with van der Waals surface area (Å²) in [6.07, 6.45) is 0. The molecule has 3 rings (SSSR count). The molecule has 0 aromatic heterocycles. The van der Waals surface area contributed by atoms with E-state index in [1.165, 1.54) is 0 Å². The number of nitrogens with one attached hydrogen (secondary N) is 1. The third-order valence-corrected chi connectivity index (χ3v) is 5.68. The normalized spacial score (nSPS) is 15.1. The van der Waals surface area contributed by atoms with Crippen LogP contribution in [0.3, 0.4) is 0 Å². The molecule has 0 radical (unpaired) electrons. The summed E-state index contributed by atoms with van der Waals surface area (Å²) in [4.78, 5) is 2.41. The van der Waals surface area contributed by atoms with E-state index in [1.807, 2.05) is 30.3 Å². The lowest BCUT2D eigenvalue weighted by molar-refractivity contribution is 0.0384. The monoisotopic (exact) mass is 472 g/mol. The first-order chi connectivity index (χ1) is 13.1. The van der Waals surface area contributed by atoms with Crippen LogP contribution in [0.5, 0.6) is 5.75 Å². The Morgan fingerprint density at radius 3 is 2.59 bits per heavy atom. The molecular formula is C20H23BrCl2N2O2. The lowest BCUT2D eigenvalue weighted by Gasteiger charge is -2.26. The summed E-state index contributed by atoms with van der Waals surface area (Å²) in [6.45, 7) is 6.67. The molecular weight excluding hydrogens is 451 g/mol. The Labute approximate surface area is 178 Å². The van der Waals surface area contributed by atoms with E-state index < -0.39 is 0 Å². The number of rotatable bonds is 8. The van der Waals surface area contributed by atoms with Crippen LogP contribution in [0, 0.1) is 0 Å². The molecule has 1 aliphatic heterocycles. The van der Waals surface area contributed by atoms with E-state index >= 15 is 0 Å². The smallest absolute Gasteiger partial charge is 0.124 e. The van der Waals surface area contributed by atoms with Crippen molar-refractivity contribution < 1.29 is 9.47 Å². The van der Waals surface area contributed by atoms with Crippen LogP contribution in [0.1, 0.15) is 11.1 Å². The molecule has 1 saturated heterocycles. The predicted octanol–water partition coefficient (Wildman–Crippen LogP) is 4.76. The van der Waals surface area contributed by atoms with Gasteiger partial charge in [0.15, 0.2) is 0 Å². The molecule has 0 atom stereocenters. The standard InChI is InChI=1S/C20H23BrCl2N2O2/c21-16-4-5-20(27-14-17-18(22)2-1-3-19(17)23)15(12-16)13-24-6-7-25-8-10-26-11-9-25/h1-5,12,24H,6-11,13-14H2. The highest BCUT2D eigenvalue weighted by Gasteiger charge is 2.11. The zero-order valence-electron chi connectivity index (χ0n) is 15.0. The van der Waals surface area contributed by atoms with Crippen molar-refractivity contribution in [1.29, 1.82) is 0 Å². The summed E-state index contributed by atoms with van der Waals surface area (Å²) in [6, 6.07) is 11.5. The number of ether oxygens (including phenoxy) is 2. The first kappa shape index (κ1) is 20.9. The SMILES string of the molecule is Clc1cccc(Cl)c1COc1ccc(Br)cc1CNCCN1CCOCC1. The summed E-state index contributed by atoms with van der Waals surface area (Å²) in [5.41, 5.74) is 1.89. The molecule has 1 fully saturated rings. The molecule has 1 N–H and O–H groups in total. The minimum absolute atomic E-state index is 0.334. The van der Waals surface area contributed by atoms with Crippen molar-refractivity contribution in [2.24, 2.45) is 0 Å². The molecule has 7 heteroatoms. The fourth-order valence-corrected chi connectivity index (χ4v) is 3.85. The van der Waals surface area contributed by atoms with E-state index in [0.717, 1.165) is 67.3 Å². The number of morpholine rings is 1. The maximum atomic E-state index is 6.24. The van der Waals surface area contributed by atoms with Crippen molar-refractivity contribution >= 4 is 39.1 Å². The zero-order chi connectivity index (χ0) is 19.1. The minimum Gasteiger partial charge on any atom is -0.488 e. The lowest BCUT2D eigenvalue weighted by atomic mass is 10.2. The Balaban J connectivity index is 1.56. The fourth-order valence-electron chi connectivity index (χ4n) is 2.93. The van der Waals surface area contributed by atoms with E-state index in [1.54, 1.807) is 0 Å². The van der Waals surface area contributed by atoms with Gasteiger partial charge >= 0.3 is 0 Å². The van der Waals surface area contributed by atoms with Crippen molar-refractivity contribution in [1.82, 2.24) is 10.2 Å². The highest BCUT2D eigenvalue weighted by molar-refractivity contribution is 9.10. The number of hydrogen-bond donors (Lipinski definition) is 1. The molecule has 0 amide bonds. The van der Waals surface area contributed by atoms with Gasteiger partial charge in [-0.1, -0.05) is 45.2 Å². The van der Waals surface area contributed by atoms with Crippen LogP contribution in [0.25, 0.3) is 0 Å². The van der Waals surface area contributed by atoms with Crippen molar-refractivity contribution in [3.8, 4) is 5.75 Å². The average molecular weight is 474 g/mol. The molecule has 0 spiro atoms. The number of nitrogens with zero attached hydrogens (tertiary/aromatic N) is 1. The molecule has 146 valence electrons. The van der Waals surface area contributed by atoms with Crippen molar-refractivity contribution in [3.63, 3.8) is 0 Å². The Kier molecular flexibility index (Phi) is 8.24. The summed E-state index contributed by atoms with van der Waals surface area (Å²) in [5, 5.41) is 4.73. The van der Waals surface area contributed by atoms with Crippen LogP contribution in [0.15, 0.2) is 40.9 Å². The van der Waals surface area contributed by atoms with Gasteiger partial charge in [0.2, 0.25) is 0 Å². The van der Waals surface area contributed by atoms with Crippen LogP contribution in [-0.2, 0) is 17.9 Å². The second-order valence-electron chi connectivity index (χ2n) is 6.37. The number of benzene rings is 2. The van der Waals surface area contributed by atoms with Crippen molar-refractivity contribution in [2.45, 2.75) is 13.2 Å². The minimum atomic E-state index is 0.334. The maximum absolute atomic E-state index is 6.24. The van der Waals surface area contributed by atoms with Gasteiger partial charge in [0.1, 0.15) is 12.4 Å². The number of halogens is 3. The predicted molar refractivity (Wildman–Crippen MR) is 114 cm³/mol. The molecule has 4 nitrogen and oxygen atoms in total. The second kappa shape index (κ2) is 10.6. The van der Waals surface area contributed by atoms with Gasteiger partial charge in [-0.15, -0.1) is 0 Å². The third kappa shape index (κ3) is 6.34. The highest BCUT2D eigenvalue weighted by atomic mass is 79.9. The van der Waals surface area contributed by atoms with Crippen LogP contribution in [0.2, 0.25) is 10.0 Å². The van der Waals surface area contributed by atoms with E-state index in [4.69, 9.17) is 32.7 Å². The largest absolute Gasteiger partial charge is 0.488 e. The first-order valence-electron chi connectivity index (χ1n) is 8.98. The van der Waals surface area contributed by atoms with Crippen molar-refractivity contribution in [3.05, 3.63) is 62.0 Å². The van der Waals surface area contributed by atoms with Crippen LogP contribution >= 0.6 is 39.1 Å². The lowest BCUT2D eigenvalue weighted by Crippen LogP contribution is -2.40. The van der Waals surface area contributed by atoms with E-state index in [9.17, 15) is 0 Å². The van der Waals surface area contributed by atoms with Gasteiger partial charge in [0.05, 0.1) is 13.2 Å². The van der Waals surface area contributed by atoms with Gasteiger partial charge in [0.25, 0.3) is 0 Å². The Hall–Kier alpha value is -0.820. The summed E-state index contributed by atoms with van der Waals surface area (Å²) in [5.74, 6) is 0.827. The summed E-state index contributed by atoms with van der Waals surface area (Å²) in [7, 11) is 0. The second-order valence-corrected chi connectivity index (χ2v) is 8.10. The Bertz CT molecular complexity index is 735. The van der Waals surface area contributed by atoms with Gasteiger partial charge < -0.3 is 14.8 Å². The van der Waals surface area contributed by atoms with Crippen molar-refractivity contribution in [2.75, 3.05) is 39.4 Å². The van der Waals surface area contributed by atoms with Gasteiger partial charge in [-0.05, 0) is 30.3 Å². The molecule has 27 heavy (non-hydrogen) atoms. The molecule has 2 aromatic rings. The van der Waals surface area contributed by atoms with Crippen LogP contribution in [-0.4, -0.2) is 44.3 Å². The quantitative estimate of drug-likeness (QED) is 0.560. The van der Waals surface area contributed by atoms with E-state index in [2.05, 4.69) is 32.2 Å². The highest BCUT2D eigenvalue weighted by Crippen LogP contribution is 2.28. The number of hydrogen-bond acceptors (Lipinski definition) is 4. The topological polar surface area (TPSA) is 33.7 Å². The van der Waals surface area contributed by atoms with Gasteiger partial charge in [0, 0.05) is 58.4 Å². The van der Waals surface area contributed by atoms with E-state index in [0.29, 0.717) is 16.7 Å². The first-order valence-corrected chi connectivity index (χ1v) is 10.5. The van der Waals surface area contributed by atoms with Gasteiger partial charge in [-0.3, -0.25) is 4.90 Å². The Morgan fingerprint density at radius 1 is 1.11 bits per heavy atom. The van der Waals surface area contributed by atoms with Gasteiger partial charge in [-0.2, -0.15) is 0 Å². The molecule has 0 aliphatic carbocycles. The molecule has 0 unspecified atom stereocenters. The molecule has 0 saturated carbocycles. The van der Waals surface area contributed by atoms with Crippen LogP contribution < -0.4 is 10.1 Å². The fraction of sp³-hybridized carbons (Fsp3) is 0.400. The molecule has 2 aromatic carbocycles. The summed E-state index contributed by atoms with van der Waals surface area (Å²) < 4.78 is 12.4. The van der Waals surface area contributed by atoms with Gasteiger partial charge in [-0.25, -0.2) is 0 Å². The molecule has 0 bridgehead atoms.